The van der Waals surface area contributed by atoms with E-state index in [2.05, 4.69) is 34.4 Å². The number of nitrogens with zero attached hydrogens (tertiary/aromatic N) is 2. The molecule has 2 N–H and O–H groups in total. The molecule has 1 fully saturated rings. The van der Waals surface area contributed by atoms with Crippen LogP contribution in [0.25, 0.3) is 0 Å². The molecule has 1 atom stereocenters. The lowest BCUT2D eigenvalue weighted by atomic mass is 10.00. The maximum Gasteiger partial charge on any atom is 0.132 e. The number of anilines is 1. The van der Waals surface area contributed by atoms with Crippen LogP contribution in [0.4, 0.5) is 5.82 Å². The lowest BCUT2D eigenvalue weighted by molar-refractivity contribution is 0.392. The molecule has 1 saturated heterocycles. The fourth-order valence-electron chi connectivity index (χ4n) is 2.36. The van der Waals surface area contributed by atoms with Gasteiger partial charge in [-0.1, -0.05) is 6.92 Å². The fourth-order valence-corrected chi connectivity index (χ4v) is 2.36. The minimum atomic E-state index is 0.725. The lowest BCUT2D eigenvalue weighted by Gasteiger charge is -2.23. The van der Waals surface area contributed by atoms with Gasteiger partial charge in [0, 0.05) is 17.8 Å². The highest BCUT2D eigenvalue weighted by molar-refractivity contribution is 5.44. The molecule has 94 valence electrons. The number of aryl methyl sites for hydroxylation is 1. The Labute approximate surface area is 103 Å². The van der Waals surface area contributed by atoms with Crippen LogP contribution in [-0.4, -0.2) is 29.6 Å². The van der Waals surface area contributed by atoms with Crippen molar-refractivity contribution >= 4 is 5.82 Å². The highest BCUT2D eigenvalue weighted by Crippen LogP contribution is 2.16. The van der Waals surface area contributed by atoms with E-state index in [1.165, 1.54) is 24.9 Å². The SMILES string of the molecule is CCc1ncnc(NCC2CCCNC2)c1C. The number of hydrogen-bond donors (Lipinski definition) is 2. The van der Waals surface area contributed by atoms with Crippen LogP contribution in [0.2, 0.25) is 0 Å². The third kappa shape index (κ3) is 3.16. The van der Waals surface area contributed by atoms with E-state index in [4.69, 9.17) is 0 Å². The van der Waals surface area contributed by atoms with Crippen molar-refractivity contribution in [2.24, 2.45) is 5.92 Å². The first-order chi connectivity index (χ1) is 8.31. The molecule has 2 heterocycles. The van der Waals surface area contributed by atoms with Crippen LogP contribution in [-0.2, 0) is 6.42 Å². The fraction of sp³-hybridized carbons (Fsp3) is 0.692. The molecule has 0 saturated carbocycles. The summed E-state index contributed by atoms with van der Waals surface area (Å²) in [7, 11) is 0. The number of hydrogen-bond acceptors (Lipinski definition) is 4. The Hall–Kier alpha value is -1.16. The van der Waals surface area contributed by atoms with Gasteiger partial charge in [0.1, 0.15) is 12.1 Å². The first-order valence-electron chi connectivity index (χ1n) is 6.56. The van der Waals surface area contributed by atoms with E-state index in [0.29, 0.717) is 0 Å². The molecule has 1 aliphatic heterocycles. The summed E-state index contributed by atoms with van der Waals surface area (Å²) in [5.41, 5.74) is 2.34. The van der Waals surface area contributed by atoms with E-state index in [1.807, 2.05) is 0 Å². The van der Waals surface area contributed by atoms with Crippen LogP contribution < -0.4 is 10.6 Å². The molecule has 0 bridgehead atoms. The molecule has 0 amide bonds. The first-order valence-corrected chi connectivity index (χ1v) is 6.56. The van der Waals surface area contributed by atoms with Crippen molar-refractivity contribution < 1.29 is 0 Å². The predicted molar refractivity (Wildman–Crippen MR) is 70.2 cm³/mol. The van der Waals surface area contributed by atoms with Crippen molar-refractivity contribution in [1.82, 2.24) is 15.3 Å². The summed E-state index contributed by atoms with van der Waals surface area (Å²) in [6.07, 6.45) is 5.22. The van der Waals surface area contributed by atoms with Crippen LogP contribution in [0, 0.1) is 12.8 Å². The minimum Gasteiger partial charge on any atom is -0.369 e. The zero-order valence-corrected chi connectivity index (χ0v) is 10.8. The van der Waals surface area contributed by atoms with Gasteiger partial charge >= 0.3 is 0 Å². The Morgan fingerprint density at radius 1 is 1.47 bits per heavy atom. The van der Waals surface area contributed by atoms with Gasteiger partial charge in [-0.3, -0.25) is 0 Å². The molecule has 1 unspecified atom stereocenters. The lowest BCUT2D eigenvalue weighted by Crippen LogP contribution is -2.33. The normalized spacial score (nSPS) is 20.2. The molecular formula is C13H22N4. The molecule has 4 nitrogen and oxygen atoms in total. The van der Waals surface area contributed by atoms with Crippen LogP contribution in [0.1, 0.15) is 31.0 Å². The molecule has 17 heavy (non-hydrogen) atoms. The average Bonchev–Trinajstić information content (AvgIpc) is 2.39. The minimum absolute atomic E-state index is 0.725. The highest BCUT2D eigenvalue weighted by atomic mass is 15.0. The molecule has 1 aromatic rings. The van der Waals surface area contributed by atoms with E-state index < -0.39 is 0 Å². The zero-order chi connectivity index (χ0) is 12.1. The van der Waals surface area contributed by atoms with Crippen molar-refractivity contribution in [2.45, 2.75) is 33.1 Å². The van der Waals surface area contributed by atoms with Crippen LogP contribution in [0.3, 0.4) is 0 Å². The first kappa shape index (κ1) is 12.3. The molecule has 0 aromatic carbocycles. The maximum absolute atomic E-state index is 4.33. The maximum atomic E-state index is 4.33. The van der Waals surface area contributed by atoms with Gasteiger partial charge in [-0.05, 0) is 45.2 Å². The number of nitrogens with one attached hydrogen (secondary N) is 2. The molecular weight excluding hydrogens is 212 g/mol. The van der Waals surface area contributed by atoms with E-state index in [1.54, 1.807) is 6.33 Å². The van der Waals surface area contributed by atoms with Gasteiger partial charge in [0.15, 0.2) is 0 Å². The van der Waals surface area contributed by atoms with Gasteiger partial charge in [0.2, 0.25) is 0 Å². The summed E-state index contributed by atoms with van der Waals surface area (Å²) in [6, 6.07) is 0. The van der Waals surface area contributed by atoms with Crippen molar-refractivity contribution in [1.29, 1.82) is 0 Å². The molecule has 2 rings (SSSR count). The monoisotopic (exact) mass is 234 g/mol. The summed E-state index contributed by atoms with van der Waals surface area (Å²) in [5.74, 6) is 1.73. The van der Waals surface area contributed by atoms with Crippen LogP contribution in [0.5, 0.6) is 0 Å². The van der Waals surface area contributed by atoms with Gasteiger partial charge < -0.3 is 10.6 Å². The van der Waals surface area contributed by atoms with E-state index in [-0.39, 0.29) is 0 Å². The second kappa shape index (κ2) is 5.96. The second-order valence-corrected chi connectivity index (χ2v) is 4.74. The van der Waals surface area contributed by atoms with Crippen molar-refractivity contribution in [3.8, 4) is 0 Å². The summed E-state index contributed by atoms with van der Waals surface area (Å²) >= 11 is 0. The Morgan fingerprint density at radius 3 is 3.06 bits per heavy atom. The number of rotatable bonds is 4. The molecule has 1 aliphatic rings. The van der Waals surface area contributed by atoms with Gasteiger partial charge in [-0.25, -0.2) is 9.97 Å². The predicted octanol–water partition coefficient (Wildman–Crippen LogP) is 1.76. The van der Waals surface area contributed by atoms with Gasteiger partial charge in [0.05, 0.1) is 0 Å². The quantitative estimate of drug-likeness (QED) is 0.833. The van der Waals surface area contributed by atoms with Gasteiger partial charge in [-0.15, -0.1) is 0 Å². The zero-order valence-electron chi connectivity index (χ0n) is 10.8. The molecule has 0 spiro atoms. The summed E-state index contributed by atoms with van der Waals surface area (Å²) < 4.78 is 0. The highest BCUT2D eigenvalue weighted by Gasteiger charge is 2.13. The van der Waals surface area contributed by atoms with E-state index in [0.717, 1.165) is 36.9 Å². The van der Waals surface area contributed by atoms with Gasteiger partial charge in [0.25, 0.3) is 0 Å². The smallest absolute Gasteiger partial charge is 0.132 e. The molecule has 0 radical (unpaired) electrons. The molecule has 1 aromatic heterocycles. The average molecular weight is 234 g/mol. The Morgan fingerprint density at radius 2 is 2.35 bits per heavy atom. The largest absolute Gasteiger partial charge is 0.369 e. The van der Waals surface area contributed by atoms with E-state index in [9.17, 15) is 0 Å². The van der Waals surface area contributed by atoms with Crippen molar-refractivity contribution in [3.05, 3.63) is 17.6 Å². The Kier molecular flexibility index (Phi) is 4.31. The van der Waals surface area contributed by atoms with Crippen LogP contribution in [0.15, 0.2) is 6.33 Å². The van der Waals surface area contributed by atoms with Crippen LogP contribution >= 0.6 is 0 Å². The summed E-state index contributed by atoms with van der Waals surface area (Å²) in [5, 5.41) is 6.90. The second-order valence-electron chi connectivity index (χ2n) is 4.74. The van der Waals surface area contributed by atoms with Crippen molar-refractivity contribution in [3.63, 3.8) is 0 Å². The summed E-state index contributed by atoms with van der Waals surface area (Å²) in [4.78, 5) is 8.62. The molecule has 0 aliphatic carbocycles. The molecule has 4 heteroatoms. The standard InChI is InChI=1S/C13H22N4/c1-3-12-10(2)13(17-9-16-12)15-8-11-5-4-6-14-7-11/h9,11,14H,3-8H2,1-2H3,(H,15,16,17). The summed E-state index contributed by atoms with van der Waals surface area (Å²) in [6.45, 7) is 7.53. The van der Waals surface area contributed by atoms with Crippen molar-refractivity contribution in [2.75, 3.05) is 25.0 Å². The number of aromatic nitrogens is 2. The Bertz CT molecular complexity index is 358. The van der Waals surface area contributed by atoms with Gasteiger partial charge in [-0.2, -0.15) is 0 Å². The Balaban J connectivity index is 1.93. The third-order valence-corrected chi connectivity index (χ3v) is 3.48. The topological polar surface area (TPSA) is 49.8 Å². The third-order valence-electron chi connectivity index (χ3n) is 3.48. The van der Waals surface area contributed by atoms with E-state index >= 15 is 0 Å². The number of piperidine rings is 1.